The lowest BCUT2D eigenvalue weighted by Crippen LogP contribution is -2.31. The van der Waals surface area contributed by atoms with E-state index in [9.17, 15) is 18.9 Å². The molecule has 1 aromatic carbocycles. The van der Waals surface area contributed by atoms with Crippen molar-refractivity contribution < 1.29 is 18.8 Å². The van der Waals surface area contributed by atoms with Crippen molar-refractivity contribution in [3.05, 3.63) is 31.9 Å². The zero-order valence-electron chi connectivity index (χ0n) is 8.49. The zero-order valence-corrected chi connectivity index (χ0v) is 10.6. The first-order chi connectivity index (χ1) is 7.85. The van der Waals surface area contributed by atoms with Crippen LogP contribution in [-0.2, 0) is 0 Å². The summed E-state index contributed by atoms with van der Waals surface area (Å²) in [5, 5.41) is 21.3. The minimum atomic E-state index is -3.22. The molecular weight excluding hydrogens is 349 g/mol. The standard InChI is InChI=1S/C9H9F2IN2O3/c10-9(11,5-15)4-13-6-1-2-8(14(16)17)7(12)3-6/h1-3,13,15H,4-5H2. The molecule has 5 nitrogen and oxygen atoms in total. The molecule has 17 heavy (non-hydrogen) atoms. The van der Waals surface area contributed by atoms with Gasteiger partial charge in [-0.25, -0.2) is 8.78 Å². The second-order valence-corrected chi connectivity index (χ2v) is 4.45. The van der Waals surface area contributed by atoms with Crippen molar-refractivity contribution in [3.63, 3.8) is 0 Å². The molecule has 0 aliphatic carbocycles. The Morgan fingerprint density at radius 1 is 1.53 bits per heavy atom. The summed E-state index contributed by atoms with van der Waals surface area (Å²) in [7, 11) is 0. The lowest BCUT2D eigenvalue weighted by Gasteiger charge is -2.14. The highest BCUT2D eigenvalue weighted by Crippen LogP contribution is 2.24. The fourth-order valence-corrected chi connectivity index (χ4v) is 1.76. The normalized spacial score (nSPS) is 11.3. The van der Waals surface area contributed by atoms with Crippen LogP contribution in [-0.4, -0.2) is 29.1 Å². The van der Waals surface area contributed by atoms with Crippen molar-refractivity contribution in [2.75, 3.05) is 18.5 Å². The van der Waals surface area contributed by atoms with Crippen LogP contribution in [0.1, 0.15) is 0 Å². The summed E-state index contributed by atoms with van der Waals surface area (Å²) >= 11 is 1.75. The van der Waals surface area contributed by atoms with Crippen LogP contribution in [0.15, 0.2) is 18.2 Å². The number of aliphatic hydroxyl groups excluding tert-OH is 1. The van der Waals surface area contributed by atoms with Crippen LogP contribution in [0.5, 0.6) is 0 Å². The largest absolute Gasteiger partial charge is 0.390 e. The van der Waals surface area contributed by atoms with E-state index in [0.717, 1.165) is 0 Å². The summed E-state index contributed by atoms with van der Waals surface area (Å²) in [5.74, 6) is -3.22. The molecule has 0 atom stereocenters. The average Bonchev–Trinajstić information content (AvgIpc) is 2.26. The summed E-state index contributed by atoms with van der Waals surface area (Å²) in [6.45, 7) is -1.97. The highest BCUT2D eigenvalue weighted by atomic mass is 127. The Hall–Kier alpha value is -1.03. The number of hydrogen-bond donors (Lipinski definition) is 2. The van der Waals surface area contributed by atoms with Gasteiger partial charge in [0.15, 0.2) is 0 Å². The molecule has 0 fully saturated rings. The SMILES string of the molecule is O=[N+]([O-])c1ccc(NCC(F)(F)CO)cc1I. The Kier molecular flexibility index (Phi) is 4.57. The Bertz CT molecular complexity index is 429. The maximum atomic E-state index is 12.7. The lowest BCUT2D eigenvalue weighted by atomic mass is 10.2. The van der Waals surface area contributed by atoms with Gasteiger partial charge in [-0.3, -0.25) is 10.1 Å². The number of nitrogens with one attached hydrogen (secondary N) is 1. The van der Waals surface area contributed by atoms with E-state index in [1.54, 1.807) is 22.6 Å². The van der Waals surface area contributed by atoms with Crippen LogP contribution in [0.4, 0.5) is 20.2 Å². The van der Waals surface area contributed by atoms with E-state index in [4.69, 9.17) is 5.11 Å². The summed E-state index contributed by atoms with van der Waals surface area (Å²) in [5.41, 5.74) is 0.262. The maximum absolute atomic E-state index is 12.7. The molecule has 0 radical (unpaired) electrons. The highest BCUT2D eigenvalue weighted by Gasteiger charge is 2.27. The van der Waals surface area contributed by atoms with Gasteiger partial charge in [-0.2, -0.15) is 0 Å². The fourth-order valence-electron chi connectivity index (χ4n) is 1.05. The summed E-state index contributed by atoms with van der Waals surface area (Å²) in [6.07, 6.45) is 0. The predicted molar refractivity (Wildman–Crippen MR) is 66.3 cm³/mol. The number of alkyl halides is 2. The Balaban J connectivity index is 2.75. The number of benzene rings is 1. The molecule has 1 rings (SSSR count). The second-order valence-electron chi connectivity index (χ2n) is 3.29. The minimum Gasteiger partial charge on any atom is -0.390 e. The molecule has 2 N–H and O–H groups in total. The quantitative estimate of drug-likeness (QED) is 0.481. The summed E-state index contributed by atoms with van der Waals surface area (Å²) < 4.78 is 25.8. The van der Waals surface area contributed by atoms with Gasteiger partial charge in [-0.05, 0) is 34.7 Å². The number of nitrogens with zero attached hydrogens (tertiary/aromatic N) is 1. The molecule has 0 heterocycles. The fraction of sp³-hybridized carbons (Fsp3) is 0.333. The summed E-state index contributed by atoms with van der Waals surface area (Å²) in [6, 6.07) is 3.97. The van der Waals surface area contributed by atoms with Gasteiger partial charge in [0.1, 0.15) is 6.61 Å². The van der Waals surface area contributed by atoms with E-state index in [0.29, 0.717) is 9.26 Å². The first-order valence-electron chi connectivity index (χ1n) is 4.52. The number of rotatable bonds is 5. The van der Waals surface area contributed by atoms with E-state index in [1.165, 1.54) is 18.2 Å². The van der Waals surface area contributed by atoms with Gasteiger partial charge < -0.3 is 10.4 Å². The molecule has 8 heteroatoms. The predicted octanol–water partition coefficient (Wildman–Crippen LogP) is 2.24. The van der Waals surface area contributed by atoms with Gasteiger partial charge in [0.05, 0.1) is 15.0 Å². The molecule has 0 amide bonds. The van der Waals surface area contributed by atoms with Gasteiger partial charge in [0.2, 0.25) is 0 Å². The first-order valence-corrected chi connectivity index (χ1v) is 5.60. The third kappa shape index (κ3) is 4.04. The molecule has 0 saturated heterocycles. The number of nitro groups is 1. The van der Waals surface area contributed by atoms with Crippen LogP contribution in [0, 0.1) is 13.7 Å². The number of anilines is 1. The van der Waals surface area contributed by atoms with Gasteiger partial charge >= 0.3 is 0 Å². The lowest BCUT2D eigenvalue weighted by molar-refractivity contribution is -0.385. The number of aliphatic hydroxyl groups is 1. The van der Waals surface area contributed by atoms with Gasteiger partial charge in [0.25, 0.3) is 11.6 Å². The topological polar surface area (TPSA) is 75.4 Å². The van der Waals surface area contributed by atoms with Crippen molar-refractivity contribution in [2.45, 2.75) is 5.92 Å². The van der Waals surface area contributed by atoms with Crippen molar-refractivity contribution >= 4 is 34.0 Å². The molecule has 0 aliphatic heterocycles. The second kappa shape index (κ2) is 5.54. The minimum absolute atomic E-state index is 0.0786. The van der Waals surface area contributed by atoms with Crippen LogP contribution in [0.3, 0.4) is 0 Å². The Morgan fingerprint density at radius 2 is 2.18 bits per heavy atom. The molecule has 0 aromatic heterocycles. The zero-order chi connectivity index (χ0) is 13.1. The molecule has 0 unspecified atom stereocenters. The maximum Gasteiger partial charge on any atom is 0.287 e. The van der Waals surface area contributed by atoms with Gasteiger partial charge in [-0.15, -0.1) is 0 Å². The molecule has 0 bridgehead atoms. The van der Waals surface area contributed by atoms with Crippen molar-refractivity contribution in [3.8, 4) is 0 Å². The molecule has 0 spiro atoms. The van der Waals surface area contributed by atoms with Gasteiger partial charge in [0, 0.05) is 11.8 Å². The van der Waals surface area contributed by atoms with E-state index in [-0.39, 0.29) is 5.69 Å². The third-order valence-electron chi connectivity index (χ3n) is 1.93. The number of hydrogen-bond acceptors (Lipinski definition) is 4. The van der Waals surface area contributed by atoms with E-state index in [1.807, 2.05) is 0 Å². The van der Waals surface area contributed by atoms with Crippen molar-refractivity contribution in [1.82, 2.24) is 0 Å². The molecular formula is C9H9F2IN2O3. The van der Waals surface area contributed by atoms with Gasteiger partial charge in [-0.1, -0.05) is 0 Å². The summed E-state index contributed by atoms with van der Waals surface area (Å²) in [4.78, 5) is 9.98. The Morgan fingerprint density at radius 3 is 2.65 bits per heavy atom. The van der Waals surface area contributed by atoms with Crippen LogP contribution in [0.2, 0.25) is 0 Å². The Labute approximate surface area is 109 Å². The molecule has 0 aliphatic rings. The number of halogens is 3. The third-order valence-corrected chi connectivity index (χ3v) is 2.79. The highest BCUT2D eigenvalue weighted by molar-refractivity contribution is 14.1. The number of nitro benzene ring substituents is 1. The molecule has 0 saturated carbocycles. The van der Waals surface area contributed by atoms with Crippen LogP contribution >= 0.6 is 22.6 Å². The smallest absolute Gasteiger partial charge is 0.287 e. The molecule has 1 aromatic rings. The first kappa shape index (κ1) is 14.0. The van der Waals surface area contributed by atoms with Crippen LogP contribution < -0.4 is 5.32 Å². The van der Waals surface area contributed by atoms with Crippen molar-refractivity contribution in [1.29, 1.82) is 0 Å². The molecule has 94 valence electrons. The average molecular weight is 358 g/mol. The van der Waals surface area contributed by atoms with Crippen LogP contribution in [0.25, 0.3) is 0 Å². The van der Waals surface area contributed by atoms with E-state index in [2.05, 4.69) is 5.32 Å². The monoisotopic (exact) mass is 358 g/mol. The van der Waals surface area contributed by atoms with E-state index < -0.39 is 24.0 Å². The van der Waals surface area contributed by atoms with Crippen molar-refractivity contribution in [2.24, 2.45) is 0 Å². The van der Waals surface area contributed by atoms with E-state index >= 15 is 0 Å².